The van der Waals surface area contributed by atoms with Crippen molar-refractivity contribution in [1.29, 1.82) is 5.26 Å². The summed E-state index contributed by atoms with van der Waals surface area (Å²) in [6, 6.07) is 12.1. The number of benzene rings is 1. The molecule has 0 aliphatic heterocycles. The van der Waals surface area contributed by atoms with E-state index in [0.717, 1.165) is 21.8 Å². The summed E-state index contributed by atoms with van der Waals surface area (Å²) in [7, 11) is 0. The van der Waals surface area contributed by atoms with Crippen molar-refractivity contribution in [2.24, 2.45) is 5.92 Å². The van der Waals surface area contributed by atoms with Crippen LogP contribution in [0.25, 0.3) is 21.8 Å². The van der Waals surface area contributed by atoms with Crippen LogP contribution in [-0.2, 0) is 4.79 Å². The van der Waals surface area contributed by atoms with E-state index in [4.69, 9.17) is 5.26 Å². The summed E-state index contributed by atoms with van der Waals surface area (Å²) in [6.07, 6.45) is 3.98. The van der Waals surface area contributed by atoms with Gasteiger partial charge in [-0.2, -0.15) is 5.26 Å². The van der Waals surface area contributed by atoms with E-state index in [1.165, 1.54) is 11.3 Å². The molecule has 0 saturated carbocycles. The number of hydrogen-bond donors (Lipinski definition) is 2. The minimum atomic E-state index is -0.693. The van der Waals surface area contributed by atoms with Crippen molar-refractivity contribution in [2.75, 3.05) is 6.54 Å². The molecule has 0 aliphatic carbocycles. The first-order valence-electron chi connectivity index (χ1n) is 9.90. The van der Waals surface area contributed by atoms with E-state index in [9.17, 15) is 9.59 Å². The van der Waals surface area contributed by atoms with Crippen LogP contribution in [0.4, 0.5) is 0 Å². The third-order valence-electron chi connectivity index (χ3n) is 4.53. The van der Waals surface area contributed by atoms with E-state index in [-0.39, 0.29) is 24.3 Å². The van der Waals surface area contributed by atoms with E-state index in [1.807, 2.05) is 49.6 Å². The smallest absolute Gasteiger partial charge is 0.251 e. The molecule has 0 unspecified atom stereocenters. The second kappa shape index (κ2) is 10.5. The molecular weight excluding hydrogens is 410 g/mol. The van der Waals surface area contributed by atoms with E-state index >= 15 is 0 Å². The van der Waals surface area contributed by atoms with Gasteiger partial charge in [-0.1, -0.05) is 26.0 Å². The molecule has 2 heterocycles. The maximum atomic E-state index is 12.7. The predicted octanol–water partition coefficient (Wildman–Crippen LogP) is 3.66. The lowest BCUT2D eigenvalue weighted by Crippen LogP contribution is -2.47. The van der Waals surface area contributed by atoms with Gasteiger partial charge in [-0.25, -0.2) is 4.98 Å². The molecule has 0 aliphatic rings. The van der Waals surface area contributed by atoms with Crippen LogP contribution in [0.1, 0.15) is 30.6 Å². The highest BCUT2D eigenvalue weighted by Gasteiger charge is 2.22. The van der Waals surface area contributed by atoms with E-state index < -0.39 is 6.04 Å². The number of aromatic nitrogens is 2. The molecule has 2 aromatic heterocycles. The molecule has 0 bridgehead atoms. The monoisotopic (exact) mass is 433 g/mol. The van der Waals surface area contributed by atoms with Crippen molar-refractivity contribution in [1.82, 2.24) is 20.6 Å². The van der Waals surface area contributed by atoms with E-state index in [0.29, 0.717) is 12.0 Å². The summed E-state index contributed by atoms with van der Waals surface area (Å²) < 4.78 is 0. The zero-order valence-electron chi connectivity index (χ0n) is 17.3. The number of nitrogens with zero attached hydrogens (tertiary/aromatic N) is 3. The molecule has 2 amide bonds. The Labute approximate surface area is 185 Å². The quantitative estimate of drug-likeness (QED) is 0.527. The van der Waals surface area contributed by atoms with Crippen LogP contribution in [0, 0.1) is 17.2 Å². The first-order valence-corrected chi connectivity index (χ1v) is 10.8. The zero-order valence-corrected chi connectivity index (χ0v) is 18.1. The summed E-state index contributed by atoms with van der Waals surface area (Å²) in [5.74, 6) is -0.483. The van der Waals surface area contributed by atoms with Crippen molar-refractivity contribution >= 4 is 23.2 Å². The lowest BCUT2D eigenvalue weighted by atomic mass is 10.0. The predicted molar refractivity (Wildman–Crippen MR) is 120 cm³/mol. The fraction of sp³-hybridized carbons (Fsp3) is 0.261. The topological polar surface area (TPSA) is 108 Å². The number of nitriles is 1. The molecule has 3 aromatic rings. The molecule has 158 valence electrons. The number of amides is 2. The van der Waals surface area contributed by atoms with E-state index in [1.54, 1.807) is 24.5 Å². The van der Waals surface area contributed by atoms with Crippen molar-refractivity contribution < 1.29 is 9.59 Å². The minimum absolute atomic E-state index is 0.0906. The van der Waals surface area contributed by atoms with Crippen molar-refractivity contribution in [2.45, 2.75) is 26.3 Å². The minimum Gasteiger partial charge on any atom is -0.341 e. The number of hydrogen-bond acceptors (Lipinski definition) is 6. The largest absolute Gasteiger partial charge is 0.341 e. The lowest BCUT2D eigenvalue weighted by molar-refractivity contribution is -0.123. The molecule has 1 atom stereocenters. The standard InChI is InChI=1S/C23H23N5O2S/c1-15(2)12-19(22(30)26-11-9-24)27-21(29)17-7-5-16(6-8-17)20-14-31-23(28-20)18-4-3-10-25-13-18/h3-8,10,13-15,19H,11-12H2,1-2H3,(H,26,30)(H,27,29)/t19-/m0/s1. The molecule has 1 aromatic carbocycles. The van der Waals surface area contributed by atoms with Crippen LogP contribution in [0.2, 0.25) is 0 Å². The number of pyridine rings is 1. The highest BCUT2D eigenvalue weighted by Crippen LogP contribution is 2.28. The van der Waals surface area contributed by atoms with Crippen LogP contribution in [0.15, 0.2) is 54.2 Å². The fourth-order valence-electron chi connectivity index (χ4n) is 3.01. The fourth-order valence-corrected chi connectivity index (χ4v) is 3.83. The van der Waals surface area contributed by atoms with Gasteiger partial charge in [-0.15, -0.1) is 11.3 Å². The molecular formula is C23H23N5O2S. The second-order valence-electron chi connectivity index (χ2n) is 7.39. The molecule has 0 spiro atoms. The summed E-state index contributed by atoms with van der Waals surface area (Å²) >= 11 is 1.53. The Hall–Kier alpha value is -3.57. The van der Waals surface area contributed by atoms with Crippen LogP contribution in [0.3, 0.4) is 0 Å². The van der Waals surface area contributed by atoms with Gasteiger partial charge in [0.25, 0.3) is 5.91 Å². The number of nitrogens with one attached hydrogen (secondary N) is 2. The van der Waals surface area contributed by atoms with Gasteiger partial charge in [-0.3, -0.25) is 14.6 Å². The Morgan fingerprint density at radius 1 is 1.16 bits per heavy atom. The first-order chi connectivity index (χ1) is 15.0. The Morgan fingerprint density at radius 3 is 2.58 bits per heavy atom. The Balaban J connectivity index is 1.70. The van der Waals surface area contributed by atoms with Crippen molar-refractivity contribution in [3.63, 3.8) is 0 Å². The van der Waals surface area contributed by atoms with Gasteiger partial charge in [0.1, 0.15) is 17.6 Å². The van der Waals surface area contributed by atoms with Gasteiger partial charge in [0.05, 0.1) is 11.8 Å². The van der Waals surface area contributed by atoms with Crippen molar-refractivity contribution in [3.05, 3.63) is 59.7 Å². The van der Waals surface area contributed by atoms with Gasteiger partial charge < -0.3 is 10.6 Å². The molecule has 0 fully saturated rings. The van der Waals surface area contributed by atoms with E-state index in [2.05, 4.69) is 20.6 Å². The molecule has 3 rings (SSSR count). The molecule has 7 nitrogen and oxygen atoms in total. The Bertz CT molecular complexity index is 1070. The highest BCUT2D eigenvalue weighted by molar-refractivity contribution is 7.13. The van der Waals surface area contributed by atoms with Crippen LogP contribution in [-0.4, -0.2) is 34.4 Å². The number of thiazole rings is 1. The average Bonchev–Trinajstić information content (AvgIpc) is 3.27. The SMILES string of the molecule is CC(C)C[C@H](NC(=O)c1ccc(-c2csc(-c3cccnc3)n2)cc1)C(=O)NCC#N. The molecule has 31 heavy (non-hydrogen) atoms. The average molecular weight is 434 g/mol. The number of carbonyl (C=O) groups is 2. The summed E-state index contributed by atoms with van der Waals surface area (Å²) in [4.78, 5) is 33.7. The third kappa shape index (κ3) is 5.96. The maximum Gasteiger partial charge on any atom is 0.251 e. The normalized spacial score (nSPS) is 11.5. The van der Waals surface area contributed by atoms with Gasteiger partial charge in [0, 0.05) is 34.5 Å². The van der Waals surface area contributed by atoms with Gasteiger partial charge in [0.15, 0.2) is 0 Å². The summed E-state index contributed by atoms with van der Waals surface area (Å²) in [5, 5.41) is 16.8. The van der Waals surface area contributed by atoms with Crippen LogP contribution < -0.4 is 10.6 Å². The summed E-state index contributed by atoms with van der Waals surface area (Å²) in [5.41, 5.74) is 3.13. The molecule has 0 saturated heterocycles. The van der Waals surface area contributed by atoms with Crippen LogP contribution >= 0.6 is 11.3 Å². The zero-order chi connectivity index (χ0) is 22.2. The molecule has 2 N–H and O–H groups in total. The molecule has 8 heteroatoms. The summed E-state index contributed by atoms with van der Waals surface area (Å²) in [6.45, 7) is 3.85. The Kier molecular flexibility index (Phi) is 7.46. The van der Waals surface area contributed by atoms with Crippen LogP contribution in [0.5, 0.6) is 0 Å². The van der Waals surface area contributed by atoms with Crippen molar-refractivity contribution in [3.8, 4) is 27.9 Å². The second-order valence-corrected chi connectivity index (χ2v) is 8.25. The lowest BCUT2D eigenvalue weighted by Gasteiger charge is -2.19. The van der Waals surface area contributed by atoms with Gasteiger partial charge >= 0.3 is 0 Å². The molecule has 0 radical (unpaired) electrons. The Morgan fingerprint density at radius 2 is 1.94 bits per heavy atom. The first kappa shape index (κ1) is 22.1. The maximum absolute atomic E-state index is 12.7. The highest BCUT2D eigenvalue weighted by atomic mass is 32.1. The third-order valence-corrected chi connectivity index (χ3v) is 5.42. The van der Waals surface area contributed by atoms with Gasteiger partial charge in [0.2, 0.25) is 5.91 Å². The number of carbonyl (C=O) groups excluding carboxylic acids is 2. The van der Waals surface area contributed by atoms with Gasteiger partial charge in [-0.05, 0) is 36.6 Å². The number of rotatable bonds is 8.